The number of carboxylic acid groups (broad SMARTS) is 1. The van der Waals surface area contributed by atoms with Crippen LogP contribution < -0.4 is 0 Å². The van der Waals surface area contributed by atoms with Crippen LogP contribution in [0.25, 0.3) is 0 Å². The Balaban J connectivity index is 3.10. The molecule has 1 N–H and O–H groups in total. The Morgan fingerprint density at radius 2 is 2.14 bits per heavy atom. The van der Waals surface area contributed by atoms with E-state index in [0.29, 0.717) is 20.9 Å². The quantitative estimate of drug-likeness (QED) is 0.869. The molecule has 1 aromatic carbocycles. The second-order valence-corrected chi connectivity index (χ2v) is 4.46. The predicted octanol–water partition coefficient (Wildman–Crippen LogP) is 2.75. The van der Waals surface area contributed by atoms with Gasteiger partial charge in [-0.1, -0.05) is 0 Å². The Morgan fingerprint density at radius 3 is 2.57 bits per heavy atom. The van der Waals surface area contributed by atoms with E-state index in [9.17, 15) is 4.79 Å². The second-order valence-electron chi connectivity index (χ2n) is 2.76. The van der Waals surface area contributed by atoms with Gasteiger partial charge in [0.2, 0.25) is 0 Å². The standard InChI is InChI=1S/C9H7Cl2GeO2/c10-5-1-2-6(8(11)3-5)7(4-12)9(13)14/h1-3,7H,4H2,(H,13,14). The summed E-state index contributed by atoms with van der Waals surface area (Å²) in [6, 6.07) is 4.87. The van der Waals surface area contributed by atoms with Crippen molar-refractivity contribution in [2.45, 2.75) is 11.2 Å². The van der Waals surface area contributed by atoms with E-state index < -0.39 is 11.9 Å². The van der Waals surface area contributed by atoms with Crippen molar-refractivity contribution < 1.29 is 9.90 Å². The molecular formula is C9H7Cl2GeO2. The van der Waals surface area contributed by atoms with Crippen LogP contribution in [0.3, 0.4) is 0 Å². The molecule has 0 fully saturated rings. The zero-order valence-electron chi connectivity index (χ0n) is 7.13. The second kappa shape index (κ2) is 5.05. The molecule has 3 radical (unpaired) electrons. The van der Waals surface area contributed by atoms with Crippen molar-refractivity contribution in [1.82, 2.24) is 0 Å². The first-order valence-corrected chi connectivity index (χ1v) is 6.12. The van der Waals surface area contributed by atoms with Crippen molar-refractivity contribution in [1.29, 1.82) is 0 Å². The van der Waals surface area contributed by atoms with E-state index in [2.05, 4.69) is 0 Å². The first kappa shape index (κ1) is 11.9. The number of benzene rings is 1. The van der Waals surface area contributed by atoms with Crippen molar-refractivity contribution in [2.75, 3.05) is 0 Å². The van der Waals surface area contributed by atoms with Gasteiger partial charge in [-0.25, -0.2) is 0 Å². The van der Waals surface area contributed by atoms with Gasteiger partial charge >= 0.3 is 101 Å². The Labute approximate surface area is 100 Å². The molecule has 1 unspecified atom stereocenters. The minimum atomic E-state index is -0.864. The molecule has 1 atom stereocenters. The summed E-state index contributed by atoms with van der Waals surface area (Å²) in [4.78, 5) is 10.9. The van der Waals surface area contributed by atoms with Gasteiger partial charge in [0.25, 0.3) is 0 Å². The molecule has 0 saturated heterocycles. The fourth-order valence-corrected chi connectivity index (χ4v) is 2.48. The van der Waals surface area contributed by atoms with E-state index in [1.807, 2.05) is 16.5 Å². The van der Waals surface area contributed by atoms with Gasteiger partial charge in [-0.15, -0.1) is 0 Å². The first-order chi connectivity index (χ1) is 6.56. The first-order valence-electron chi connectivity index (χ1n) is 3.88. The molecule has 1 rings (SSSR count). The maximum absolute atomic E-state index is 10.9. The summed E-state index contributed by atoms with van der Waals surface area (Å²) < 4.78 is 0. The van der Waals surface area contributed by atoms with Crippen LogP contribution in [-0.4, -0.2) is 27.6 Å². The molecule has 0 saturated carbocycles. The summed E-state index contributed by atoms with van der Waals surface area (Å²) in [5, 5.41) is 10.4. The molecular weight excluding hydrogens is 284 g/mol. The van der Waals surface area contributed by atoms with E-state index in [1.165, 1.54) is 0 Å². The summed E-state index contributed by atoms with van der Waals surface area (Å²) in [5.41, 5.74) is 0.617. The van der Waals surface area contributed by atoms with Crippen LogP contribution >= 0.6 is 23.2 Å². The summed E-state index contributed by atoms with van der Waals surface area (Å²) in [6.07, 6.45) is 0. The van der Waals surface area contributed by atoms with Crippen molar-refractivity contribution >= 4 is 45.7 Å². The number of rotatable bonds is 3. The molecule has 2 nitrogen and oxygen atoms in total. The molecule has 0 aromatic heterocycles. The zero-order valence-corrected chi connectivity index (χ0v) is 10.7. The van der Waals surface area contributed by atoms with Gasteiger partial charge in [-0.2, -0.15) is 0 Å². The molecule has 0 aliphatic carbocycles. The molecule has 0 aliphatic heterocycles. The third-order valence-electron chi connectivity index (χ3n) is 1.84. The molecule has 0 aliphatic rings. The molecule has 5 heteroatoms. The van der Waals surface area contributed by atoms with Gasteiger partial charge in [0.15, 0.2) is 0 Å². The number of halogens is 2. The van der Waals surface area contributed by atoms with E-state index in [1.54, 1.807) is 18.2 Å². The molecule has 0 heterocycles. The van der Waals surface area contributed by atoms with Gasteiger partial charge in [0, 0.05) is 0 Å². The summed E-state index contributed by atoms with van der Waals surface area (Å²) in [5.74, 6) is -1.42. The average molecular weight is 291 g/mol. The van der Waals surface area contributed by atoms with Crippen molar-refractivity contribution in [3.8, 4) is 0 Å². The van der Waals surface area contributed by atoms with Crippen LogP contribution in [0.4, 0.5) is 0 Å². The molecule has 0 amide bonds. The maximum atomic E-state index is 10.9. The Morgan fingerprint density at radius 1 is 1.50 bits per heavy atom. The van der Waals surface area contributed by atoms with Crippen LogP contribution in [0.15, 0.2) is 18.2 Å². The van der Waals surface area contributed by atoms with Crippen LogP contribution in [0.5, 0.6) is 0 Å². The van der Waals surface area contributed by atoms with E-state index >= 15 is 0 Å². The fourth-order valence-electron chi connectivity index (χ4n) is 1.11. The Bertz CT molecular complexity index is 355. The summed E-state index contributed by atoms with van der Waals surface area (Å²) in [6.45, 7) is 0. The van der Waals surface area contributed by atoms with E-state index in [-0.39, 0.29) is 0 Å². The van der Waals surface area contributed by atoms with Gasteiger partial charge in [0.05, 0.1) is 0 Å². The number of carbonyl (C=O) groups is 1. The van der Waals surface area contributed by atoms with Crippen molar-refractivity contribution in [3.05, 3.63) is 33.8 Å². The van der Waals surface area contributed by atoms with Gasteiger partial charge < -0.3 is 0 Å². The average Bonchev–Trinajstić information content (AvgIpc) is 2.09. The van der Waals surface area contributed by atoms with Crippen LogP contribution in [0, 0.1) is 0 Å². The van der Waals surface area contributed by atoms with Gasteiger partial charge in [0.1, 0.15) is 0 Å². The summed E-state index contributed by atoms with van der Waals surface area (Å²) in [7, 11) is 0. The SMILES string of the molecule is O=C(O)C([CH2][Ge])c1ccc(Cl)cc1Cl. The van der Waals surface area contributed by atoms with Crippen LogP contribution in [-0.2, 0) is 4.79 Å². The van der Waals surface area contributed by atoms with Gasteiger partial charge in [-0.05, 0) is 0 Å². The zero-order chi connectivity index (χ0) is 10.7. The molecule has 14 heavy (non-hydrogen) atoms. The number of aliphatic carboxylic acids is 1. The Hall–Kier alpha value is -0.187. The van der Waals surface area contributed by atoms with Gasteiger partial charge in [-0.3, -0.25) is 0 Å². The third kappa shape index (κ3) is 2.65. The topological polar surface area (TPSA) is 37.3 Å². The van der Waals surface area contributed by atoms with Crippen LogP contribution in [0.1, 0.15) is 11.5 Å². The van der Waals surface area contributed by atoms with E-state index in [0.717, 1.165) is 0 Å². The van der Waals surface area contributed by atoms with E-state index in [4.69, 9.17) is 28.3 Å². The number of hydrogen-bond donors (Lipinski definition) is 1. The van der Waals surface area contributed by atoms with Crippen molar-refractivity contribution in [2.24, 2.45) is 0 Å². The monoisotopic (exact) mass is 291 g/mol. The molecule has 0 bridgehead atoms. The molecule has 0 spiro atoms. The number of hydrogen-bond acceptors (Lipinski definition) is 1. The van der Waals surface area contributed by atoms with Crippen molar-refractivity contribution in [3.63, 3.8) is 0 Å². The molecule has 73 valence electrons. The Kier molecular flexibility index (Phi) is 4.29. The summed E-state index contributed by atoms with van der Waals surface area (Å²) >= 11 is 13.4. The third-order valence-corrected chi connectivity index (χ3v) is 3.26. The number of carboxylic acids is 1. The van der Waals surface area contributed by atoms with Crippen LogP contribution in [0.2, 0.25) is 15.3 Å². The normalized spacial score (nSPS) is 12.5. The minimum absolute atomic E-state index is 0.409. The fraction of sp³-hybridized carbons (Fsp3) is 0.222. The predicted molar refractivity (Wildman–Crippen MR) is 57.4 cm³/mol. The molecule has 1 aromatic rings.